The third-order valence-electron chi connectivity index (χ3n) is 4.65. The van der Waals surface area contributed by atoms with Crippen molar-refractivity contribution in [3.8, 4) is 0 Å². The van der Waals surface area contributed by atoms with Crippen molar-refractivity contribution in [2.75, 3.05) is 0 Å². The van der Waals surface area contributed by atoms with Gasteiger partial charge in [0.15, 0.2) is 0 Å². The first-order valence-electron chi connectivity index (χ1n) is 7.49. The van der Waals surface area contributed by atoms with Gasteiger partial charge >= 0.3 is 0 Å². The summed E-state index contributed by atoms with van der Waals surface area (Å²) >= 11 is 1.55. The minimum Gasteiger partial charge on any atom is -0.342 e. The fraction of sp³-hybridized carbons (Fsp3) is 0.667. The maximum absolute atomic E-state index is 12.8. The molecule has 21 heavy (non-hydrogen) atoms. The highest BCUT2D eigenvalue weighted by Gasteiger charge is 2.52. The first-order chi connectivity index (χ1) is 9.95. The van der Waals surface area contributed by atoms with E-state index in [-0.39, 0.29) is 17.9 Å². The number of nitrogens with one attached hydrogen (secondary N) is 1. The van der Waals surface area contributed by atoms with Crippen LogP contribution in [0.2, 0.25) is 0 Å². The Morgan fingerprint density at radius 3 is 2.71 bits per heavy atom. The van der Waals surface area contributed by atoms with Gasteiger partial charge < -0.3 is 10.2 Å². The third-order valence-corrected chi connectivity index (χ3v) is 5.60. The van der Waals surface area contributed by atoms with Crippen LogP contribution in [0.4, 0.5) is 0 Å². The minimum atomic E-state index is -0.776. The fourth-order valence-electron chi connectivity index (χ4n) is 2.86. The van der Waals surface area contributed by atoms with Gasteiger partial charge in [-0.25, -0.2) is 4.98 Å². The summed E-state index contributed by atoms with van der Waals surface area (Å²) in [5.74, 6) is 0.340. The highest BCUT2D eigenvalue weighted by Crippen LogP contribution is 2.38. The maximum Gasteiger partial charge on any atom is 0.246 e. The van der Waals surface area contributed by atoms with E-state index in [9.17, 15) is 9.59 Å². The van der Waals surface area contributed by atoms with Gasteiger partial charge in [0.1, 0.15) is 16.6 Å². The highest BCUT2D eigenvalue weighted by molar-refractivity contribution is 7.09. The molecule has 1 aliphatic heterocycles. The fourth-order valence-corrected chi connectivity index (χ4v) is 3.62. The zero-order valence-electron chi connectivity index (χ0n) is 12.7. The maximum atomic E-state index is 12.8. The molecule has 6 heteroatoms. The summed E-state index contributed by atoms with van der Waals surface area (Å²) in [6, 6.07) is -0.335. The first kappa shape index (κ1) is 14.5. The van der Waals surface area contributed by atoms with E-state index in [1.54, 1.807) is 16.2 Å². The largest absolute Gasteiger partial charge is 0.342 e. The number of aryl methyl sites for hydroxylation is 1. The van der Waals surface area contributed by atoms with Crippen LogP contribution in [0.5, 0.6) is 0 Å². The van der Waals surface area contributed by atoms with E-state index >= 15 is 0 Å². The van der Waals surface area contributed by atoms with Gasteiger partial charge in [0.05, 0.1) is 6.54 Å². The molecule has 0 radical (unpaired) electrons. The molecule has 1 aromatic rings. The SMILES string of the molecule is CCC1(C)C(=O)NC(C2CC2)C(=O)N1Cc1nc(C)cs1. The number of rotatable bonds is 4. The smallest absolute Gasteiger partial charge is 0.246 e. The van der Waals surface area contributed by atoms with Crippen molar-refractivity contribution in [1.29, 1.82) is 0 Å². The molecule has 1 aromatic heterocycles. The molecule has 2 fully saturated rings. The van der Waals surface area contributed by atoms with Crippen LogP contribution >= 0.6 is 11.3 Å². The number of carbonyl (C=O) groups is 2. The molecule has 0 aromatic carbocycles. The predicted octanol–water partition coefficient (Wildman–Crippen LogP) is 1.86. The van der Waals surface area contributed by atoms with Crippen LogP contribution < -0.4 is 5.32 Å². The lowest BCUT2D eigenvalue weighted by Gasteiger charge is -2.45. The van der Waals surface area contributed by atoms with Gasteiger partial charge in [0.2, 0.25) is 11.8 Å². The highest BCUT2D eigenvalue weighted by atomic mass is 32.1. The van der Waals surface area contributed by atoms with E-state index in [1.807, 2.05) is 26.2 Å². The second-order valence-corrected chi connectivity index (χ2v) is 7.17. The summed E-state index contributed by atoms with van der Waals surface area (Å²) in [7, 11) is 0. The number of piperazine rings is 1. The van der Waals surface area contributed by atoms with Crippen molar-refractivity contribution in [3.63, 3.8) is 0 Å². The van der Waals surface area contributed by atoms with Gasteiger partial charge in [-0.1, -0.05) is 6.92 Å². The first-order valence-corrected chi connectivity index (χ1v) is 8.37. The lowest BCUT2D eigenvalue weighted by Crippen LogP contribution is -2.69. The second kappa shape index (κ2) is 5.09. The van der Waals surface area contributed by atoms with Gasteiger partial charge in [-0.05, 0) is 39.0 Å². The standard InChI is InChI=1S/C15H21N3O2S/c1-4-15(3)14(20)17-12(10-5-6-10)13(19)18(15)7-11-16-9(2)8-21-11/h8,10,12H,4-7H2,1-3H3,(H,17,20). The summed E-state index contributed by atoms with van der Waals surface area (Å²) in [6.45, 7) is 6.17. The topological polar surface area (TPSA) is 62.3 Å². The summed E-state index contributed by atoms with van der Waals surface area (Å²) < 4.78 is 0. The number of aromatic nitrogens is 1. The number of amides is 2. The molecule has 2 unspecified atom stereocenters. The Labute approximate surface area is 128 Å². The Balaban J connectivity index is 1.90. The van der Waals surface area contributed by atoms with Gasteiger partial charge in [-0.2, -0.15) is 0 Å². The number of carbonyl (C=O) groups excluding carboxylic acids is 2. The summed E-state index contributed by atoms with van der Waals surface area (Å²) in [5.41, 5.74) is 0.183. The van der Waals surface area contributed by atoms with E-state index in [0.717, 1.165) is 23.5 Å². The van der Waals surface area contributed by atoms with Crippen LogP contribution in [0.25, 0.3) is 0 Å². The van der Waals surface area contributed by atoms with Crippen LogP contribution in [0.15, 0.2) is 5.38 Å². The average molecular weight is 307 g/mol. The van der Waals surface area contributed by atoms with E-state index in [4.69, 9.17) is 0 Å². The molecule has 1 aliphatic carbocycles. The van der Waals surface area contributed by atoms with Gasteiger partial charge in [0.25, 0.3) is 0 Å². The Bertz CT molecular complexity index is 581. The summed E-state index contributed by atoms with van der Waals surface area (Å²) in [6.07, 6.45) is 2.67. The van der Waals surface area contributed by atoms with Gasteiger partial charge in [0, 0.05) is 11.1 Å². The lowest BCUT2D eigenvalue weighted by molar-refractivity contribution is -0.158. The van der Waals surface area contributed by atoms with Crippen molar-refractivity contribution in [3.05, 3.63) is 16.1 Å². The van der Waals surface area contributed by atoms with Crippen LogP contribution in [0, 0.1) is 12.8 Å². The quantitative estimate of drug-likeness (QED) is 0.923. The van der Waals surface area contributed by atoms with E-state index in [2.05, 4.69) is 10.3 Å². The van der Waals surface area contributed by atoms with Crippen molar-refractivity contribution in [1.82, 2.24) is 15.2 Å². The Kier molecular flexibility index (Phi) is 3.51. The third kappa shape index (κ3) is 2.46. The van der Waals surface area contributed by atoms with Crippen LogP contribution in [0.1, 0.15) is 43.8 Å². The normalized spacial score (nSPS) is 29.7. The van der Waals surface area contributed by atoms with E-state index in [1.165, 1.54) is 0 Å². The molecule has 2 aliphatic rings. The molecule has 2 atom stereocenters. The van der Waals surface area contributed by atoms with Gasteiger partial charge in [-0.15, -0.1) is 11.3 Å². The molecule has 3 rings (SSSR count). The molecule has 2 heterocycles. The van der Waals surface area contributed by atoms with Crippen molar-refractivity contribution >= 4 is 23.2 Å². The minimum absolute atomic E-state index is 0.0326. The Morgan fingerprint density at radius 2 is 2.19 bits per heavy atom. The molecular weight excluding hydrogens is 286 g/mol. The number of hydrogen-bond acceptors (Lipinski definition) is 4. The number of hydrogen-bond donors (Lipinski definition) is 1. The Hall–Kier alpha value is -1.43. The Morgan fingerprint density at radius 1 is 1.48 bits per heavy atom. The summed E-state index contributed by atoms with van der Waals surface area (Å²) in [4.78, 5) is 31.5. The van der Waals surface area contributed by atoms with Crippen LogP contribution in [0.3, 0.4) is 0 Å². The zero-order valence-corrected chi connectivity index (χ0v) is 13.5. The summed E-state index contributed by atoms with van der Waals surface area (Å²) in [5, 5.41) is 5.81. The average Bonchev–Trinajstić information content (AvgIpc) is 3.22. The van der Waals surface area contributed by atoms with Crippen molar-refractivity contribution in [2.45, 2.75) is 58.2 Å². The molecular formula is C15H21N3O2S. The molecule has 1 saturated carbocycles. The molecule has 1 N–H and O–H groups in total. The monoisotopic (exact) mass is 307 g/mol. The molecule has 0 bridgehead atoms. The molecule has 114 valence electrons. The van der Waals surface area contributed by atoms with Crippen LogP contribution in [-0.4, -0.2) is 33.3 Å². The lowest BCUT2D eigenvalue weighted by atomic mass is 9.89. The molecule has 1 saturated heterocycles. The zero-order chi connectivity index (χ0) is 15.2. The van der Waals surface area contributed by atoms with E-state index < -0.39 is 5.54 Å². The van der Waals surface area contributed by atoms with Gasteiger partial charge in [-0.3, -0.25) is 9.59 Å². The molecule has 0 spiro atoms. The molecule has 2 amide bonds. The number of thiazole rings is 1. The van der Waals surface area contributed by atoms with E-state index in [0.29, 0.717) is 18.9 Å². The second-order valence-electron chi connectivity index (χ2n) is 6.22. The van der Waals surface area contributed by atoms with Crippen molar-refractivity contribution < 1.29 is 9.59 Å². The van der Waals surface area contributed by atoms with Crippen LogP contribution in [-0.2, 0) is 16.1 Å². The predicted molar refractivity (Wildman–Crippen MR) is 80.8 cm³/mol. The number of nitrogens with zero attached hydrogens (tertiary/aromatic N) is 2. The molecule has 5 nitrogen and oxygen atoms in total. The van der Waals surface area contributed by atoms with Crippen molar-refractivity contribution in [2.24, 2.45) is 5.92 Å².